The molecule has 1 aliphatic rings. The maximum absolute atomic E-state index is 13.0. The second-order valence-corrected chi connectivity index (χ2v) is 8.28. The Morgan fingerprint density at radius 3 is 2.61 bits per heavy atom. The molecule has 1 atom stereocenters. The van der Waals surface area contributed by atoms with Gasteiger partial charge >= 0.3 is 5.97 Å². The maximum atomic E-state index is 13.0. The van der Waals surface area contributed by atoms with Crippen molar-refractivity contribution in [2.75, 3.05) is 10.6 Å². The highest BCUT2D eigenvalue weighted by atomic mass is 32.1. The van der Waals surface area contributed by atoms with E-state index in [2.05, 4.69) is 17.6 Å². The number of carbonyl (C=O) groups is 3. The van der Waals surface area contributed by atoms with Gasteiger partial charge in [-0.15, -0.1) is 11.3 Å². The Hall–Kier alpha value is -2.67. The summed E-state index contributed by atoms with van der Waals surface area (Å²) in [4.78, 5) is 37.1. The van der Waals surface area contributed by atoms with Crippen LogP contribution in [0.25, 0.3) is 0 Å². The summed E-state index contributed by atoms with van der Waals surface area (Å²) in [5, 5.41) is 15.1. The summed E-state index contributed by atoms with van der Waals surface area (Å²) in [6.07, 6.45) is 3.08. The number of para-hydroxylation sites is 1. The number of benzene rings is 1. The number of amides is 2. The molecule has 3 rings (SSSR count). The zero-order valence-electron chi connectivity index (χ0n) is 15.8. The minimum absolute atomic E-state index is 0.0484. The molecule has 2 aromatic rings. The second-order valence-electron chi connectivity index (χ2n) is 7.17. The van der Waals surface area contributed by atoms with Gasteiger partial charge in [-0.2, -0.15) is 0 Å². The first-order chi connectivity index (χ1) is 13.4. The van der Waals surface area contributed by atoms with Crippen molar-refractivity contribution in [2.24, 2.45) is 5.92 Å². The third-order valence-corrected chi connectivity index (χ3v) is 5.99. The second kappa shape index (κ2) is 9.01. The maximum Gasteiger partial charge on any atom is 0.303 e. The van der Waals surface area contributed by atoms with E-state index in [0.717, 1.165) is 29.7 Å². The molecule has 3 N–H and O–H groups in total. The average molecular weight is 401 g/mol. The third-order valence-electron chi connectivity index (χ3n) is 4.82. The summed E-state index contributed by atoms with van der Waals surface area (Å²) < 4.78 is 0. The van der Waals surface area contributed by atoms with E-state index in [1.54, 1.807) is 0 Å². The fraction of sp³-hybridized carbons (Fsp3) is 0.381. The number of carbonyl (C=O) groups excluding carboxylic acids is 2. The van der Waals surface area contributed by atoms with Crippen LogP contribution in [0.4, 0.5) is 10.7 Å². The van der Waals surface area contributed by atoms with E-state index < -0.39 is 5.97 Å². The lowest BCUT2D eigenvalue weighted by Crippen LogP contribution is -2.19. The molecule has 0 bridgehead atoms. The molecule has 0 fully saturated rings. The number of rotatable bonds is 7. The molecule has 0 radical (unpaired) electrons. The van der Waals surface area contributed by atoms with Crippen LogP contribution in [-0.4, -0.2) is 22.9 Å². The van der Waals surface area contributed by atoms with Crippen molar-refractivity contribution in [3.05, 3.63) is 46.3 Å². The fourth-order valence-corrected chi connectivity index (χ4v) is 4.81. The normalized spacial score (nSPS) is 15.5. The SMILES string of the molecule is C[C@H]1CCc2c(sc(NC(=O)CCCC(=O)O)c2C(=O)Nc2ccccc2)C1. The minimum Gasteiger partial charge on any atom is -0.481 e. The molecule has 1 heterocycles. The number of anilines is 2. The molecule has 1 aromatic heterocycles. The van der Waals surface area contributed by atoms with Crippen molar-refractivity contribution in [1.82, 2.24) is 0 Å². The van der Waals surface area contributed by atoms with E-state index in [1.165, 1.54) is 11.3 Å². The van der Waals surface area contributed by atoms with Crippen molar-refractivity contribution in [3.63, 3.8) is 0 Å². The van der Waals surface area contributed by atoms with Crippen LogP contribution in [0.1, 0.15) is 53.4 Å². The zero-order chi connectivity index (χ0) is 20.1. The highest BCUT2D eigenvalue weighted by Gasteiger charge is 2.28. The van der Waals surface area contributed by atoms with E-state index in [9.17, 15) is 14.4 Å². The van der Waals surface area contributed by atoms with Crippen molar-refractivity contribution in [1.29, 1.82) is 0 Å². The molecule has 0 saturated carbocycles. The summed E-state index contributed by atoms with van der Waals surface area (Å²) >= 11 is 1.46. The van der Waals surface area contributed by atoms with Crippen molar-refractivity contribution in [3.8, 4) is 0 Å². The van der Waals surface area contributed by atoms with Crippen LogP contribution in [0, 0.1) is 5.92 Å². The topological polar surface area (TPSA) is 95.5 Å². The van der Waals surface area contributed by atoms with E-state index in [4.69, 9.17) is 5.11 Å². The lowest BCUT2D eigenvalue weighted by Gasteiger charge is -2.18. The van der Waals surface area contributed by atoms with Crippen molar-refractivity contribution >= 4 is 39.8 Å². The minimum atomic E-state index is -0.920. The molecule has 28 heavy (non-hydrogen) atoms. The molecule has 1 aliphatic carbocycles. The number of carboxylic acid groups (broad SMARTS) is 1. The fourth-order valence-electron chi connectivity index (χ4n) is 3.38. The standard InChI is InChI=1S/C21H24N2O4S/c1-13-10-11-15-16(12-13)28-21(23-17(24)8-5-9-18(25)26)19(15)20(27)22-14-6-3-2-4-7-14/h2-4,6-7,13H,5,8-12H2,1H3,(H,22,27)(H,23,24)(H,25,26)/t13-/m0/s1. The Bertz CT molecular complexity index is 876. The van der Waals surface area contributed by atoms with Gasteiger partial charge in [-0.3, -0.25) is 14.4 Å². The van der Waals surface area contributed by atoms with Crippen LogP contribution >= 0.6 is 11.3 Å². The molecule has 0 spiro atoms. The zero-order valence-corrected chi connectivity index (χ0v) is 16.6. The first-order valence-corrected chi connectivity index (χ1v) is 10.3. The van der Waals surface area contributed by atoms with Gasteiger partial charge in [0, 0.05) is 23.4 Å². The van der Waals surface area contributed by atoms with Crippen LogP contribution in [0.2, 0.25) is 0 Å². The predicted molar refractivity (Wildman–Crippen MR) is 110 cm³/mol. The van der Waals surface area contributed by atoms with Crippen LogP contribution in [0.15, 0.2) is 30.3 Å². The highest BCUT2D eigenvalue weighted by Crippen LogP contribution is 2.40. The molecule has 0 aliphatic heterocycles. The van der Waals surface area contributed by atoms with Gasteiger partial charge in [0.2, 0.25) is 5.91 Å². The molecule has 6 nitrogen and oxygen atoms in total. The summed E-state index contributed by atoms with van der Waals surface area (Å²) in [5.74, 6) is -0.854. The van der Waals surface area contributed by atoms with Gasteiger partial charge in [-0.1, -0.05) is 25.1 Å². The summed E-state index contributed by atoms with van der Waals surface area (Å²) in [7, 11) is 0. The van der Waals surface area contributed by atoms with Gasteiger partial charge in [-0.05, 0) is 49.3 Å². The number of fused-ring (bicyclic) bond motifs is 1. The lowest BCUT2D eigenvalue weighted by atomic mass is 9.88. The van der Waals surface area contributed by atoms with Crippen LogP contribution in [0.5, 0.6) is 0 Å². The molecule has 2 amide bonds. The Kier molecular flexibility index (Phi) is 6.46. The smallest absolute Gasteiger partial charge is 0.303 e. The number of nitrogens with one attached hydrogen (secondary N) is 2. The quantitative estimate of drug-likeness (QED) is 0.645. The molecule has 7 heteroatoms. The first-order valence-electron chi connectivity index (χ1n) is 9.46. The average Bonchev–Trinajstić information content (AvgIpc) is 2.98. The van der Waals surface area contributed by atoms with Gasteiger partial charge < -0.3 is 15.7 Å². The largest absolute Gasteiger partial charge is 0.481 e. The van der Waals surface area contributed by atoms with Gasteiger partial charge in [0.25, 0.3) is 5.91 Å². The first kappa shape index (κ1) is 20.1. The molecular formula is C21H24N2O4S. The molecule has 0 unspecified atom stereocenters. The highest BCUT2D eigenvalue weighted by molar-refractivity contribution is 7.17. The summed E-state index contributed by atoms with van der Waals surface area (Å²) in [6, 6.07) is 9.23. The van der Waals surface area contributed by atoms with Crippen LogP contribution in [-0.2, 0) is 22.4 Å². The van der Waals surface area contributed by atoms with Crippen molar-refractivity contribution in [2.45, 2.75) is 45.4 Å². The summed E-state index contributed by atoms with van der Waals surface area (Å²) in [5.41, 5.74) is 2.27. The number of hydrogen-bond donors (Lipinski definition) is 3. The molecular weight excluding hydrogens is 376 g/mol. The van der Waals surface area contributed by atoms with Gasteiger partial charge in [-0.25, -0.2) is 0 Å². The van der Waals surface area contributed by atoms with Gasteiger partial charge in [0.05, 0.1) is 5.56 Å². The molecule has 0 saturated heterocycles. The molecule has 1 aromatic carbocycles. The lowest BCUT2D eigenvalue weighted by molar-refractivity contribution is -0.137. The Labute approximate surface area is 168 Å². The van der Waals surface area contributed by atoms with Crippen molar-refractivity contribution < 1.29 is 19.5 Å². The number of aliphatic carboxylic acids is 1. The number of hydrogen-bond acceptors (Lipinski definition) is 4. The summed E-state index contributed by atoms with van der Waals surface area (Å²) in [6.45, 7) is 2.19. The number of thiophene rings is 1. The Morgan fingerprint density at radius 1 is 1.14 bits per heavy atom. The Morgan fingerprint density at radius 2 is 1.89 bits per heavy atom. The van der Waals surface area contributed by atoms with E-state index in [0.29, 0.717) is 22.2 Å². The van der Waals surface area contributed by atoms with E-state index in [1.807, 2.05) is 30.3 Å². The van der Waals surface area contributed by atoms with Crippen LogP contribution in [0.3, 0.4) is 0 Å². The Balaban J connectivity index is 1.81. The van der Waals surface area contributed by atoms with E-state index in [-0.39, 0.29) is 31.1 Å². The van der Waals surface area contributed by atoms with Gasteiger partial charge in [0.1, 0.15) is 5.00 Å². The monoisotopic (exact) mass is 400 g/mol. The van der Waals surface area contributed by atoms with Gasteiger partial charge in [0.15, 0.2) is 0 Å². The predicted octanol–water partition coefficient (Wildman–Crippen LogP) is 4.32. The number of carboxylic acids is 1. The third kappa shape index (κ3) is 4.98. The van der Waals surface area contributed by atoms with E-state index >= 15 is 0 Å². The van der Waals surface area contributed by atoms with Crippen LogP contribution < -0.4 is 10.6 Å². The molecule has 148 valence electrons.